The fourth-order valence-electron chi connectivity index (χ4n) is 2.87. The number of nitrogens with one attached hydrogen (secondary N) is 1. The highest BCUT2D eigenvalue weighted by atomic mass is 16.1. The fourth-order valence-corrected chi connectivity index (χ4v) is 2.87. The van der Waals surface area contributed by atoms with E-state index in [4.69, 9.17) is 0 Å². The first-order valence-electron chi connectivity index (χ1n) is 8.45. The summed E-state index contributed by atoms with van der Waals surface area (Å²) in [7, 11) is 1.87. The summed E-state index contributed by atoms with van der Waals surface area (Å²) in [6.07, 6.45) is 14.0. The monoisotopic (exact) mass is 355 g/mol. The summed E-state index contributed by atoms with van der Waals surface area (Å²) in [6.45, 7) is 0. The molecule has 0 atom stereocenters. The van der Waals surface area contributed by atoms with Gasteiger partial charge in [0, 0.05) is 66.3 Å². The Labute approximate surface area is 156 Å². The second kappa shape index (κ2) is 7.21. The Morgan fingerprint density at radius 2 is 1.89 bits per heavy atom. The van der Waals surface area contributed by atoms with Crippen LogP contribution in [0.4, 0.5) is 5.69 Å². The second-order valence-corrected chi connectivity index (χ2v) is 6.13. The molecule has 0 saturated heterocycles. The molecule has 1 N–H and O–H groups in total. The first-order chi connectivity index (χ1) is 13.2. The van der Waals surface area contributed by atoms with E-state index in [0.29, 0.717) is 0 Å². The molecule has 27 heavy (non-hydrogen) atoms. The normalized spacial score (nSPS) is 11.1. The number of hydrogen-bond acceptors (Lipinski definition) is 4. The highest BCUT2D eigenvalue weighted by Crippen LogP contribution is 2.23. The fraction of sp³-hybridized carbons (Fsp3) is 0.0476. The van der Waals surface area contributed by atoms with E-state index in [-0.39, 0.29) is 5.91 Å². The lowest BCUT2D eigenvalue weighted by Gasteiger charge is -2.05. The Hall–Kier alpha value is -3.80. The zero-order valence-corrected chi connectivity index (χ0v) is 14.7. The molecule has 0 aliphatic heterocycles. The van der Waals surface area contributed by atoms with E-state index in [0.717, 1.165) is 33.2 Å². The van der Waals surface area contributed by atoms with Crippen LogP contribution in [0.5, 0.6) is 0 Å². The van der Waals surface area contributed by atoms with Crippen molar-refractivity contribution in [3.05, 3.63) is 79.2 Å². The molecule has 4 rings (SSSR count). The molecule has 0 fully saturated rings. The predicted octanol–water partition coefficient (Wildman–Crippen LogP) is 3.68. The molecule has 1 aromatic carbocycles. The minimum atomic E-state index is -0.204. The van der Waals surface area contributed by atoms with Crippen molar-refractivity contribution in [3.8, 4) is 11.1 Å². The molecular formula is C21H17N5O. The zero-order chi connectivity index (χ0) is 18.6. The van der Waals surface area contributed by atoms with E-state index in [2.05, 4.69) is 20.4 Å². The van der Waals surface area contributed by atoms with Crippen molar-refractivity contribution < 1.29 is 4.79 Å². The second-order valence-electron chi connectivity index (χ2n) is 6.13. The van der Waals surface area contributed by atoms with Gasteiger partial charge in [0.05, 0.1) is 6.20 Å². The number of amides is 1. The Bertz CT molecular complexity index is 1150. The molecule has 132 valence electrons. The van der Waals surface area contributed by atoms with Gasteiger partial charge >= 0.3 is 0 Å². The summed E-state index contributed by atoms with van der Waals surface area (Å²) in [5.74, 6) is -0.204. The number of carbonyl (C=O) groups is 1. The van der Waals surface area contributed by atoms with Crippen LogP contribution in [0.3, 0.4) is 0 Å². The van der Waals surface area contributed by atoms with Crippen LogP contribution in [-0.4, -0.2) is 25.7 Å². The number of fused-ring (bicyclic) bond motifs is 1. The third-order valence-corrected chi connectivity index (χ3v) is 4.19. The van der Waals surface area contributed by atoms with Crippen molar-refractivity contribution in [2.24, 2.45) is 7.05 Å². The molecule has 0 spiro atoms. The maximum Gasteiger partial charge on any atom is 0.248 e. The maximum atomic E-state index is 12.3. The average molecular weight is 355 g/mol. The van der Waals surface area contributed by atoms with Gasteiger partial charge < -0.3 is 5.32 Å². The van der Waals surface area contributed by atoms with Gasteiger partial charge in [0.2, 0.25) is 5.91 Å². The Kier molecular flexibility index (Phi) is 4.45. The molecule has 3 heterocycles. The van der Waals surface area contributed by atoms with Gasteiger partial charge in [0.1, 0.15) is 0 Å². The first kappa shape index (κ1) is 16.7. The number of hydrogen-bond donors (Lipinski definition) is 1. The van der Waals surface area contributed by atoms with Gasteiger partial charge in [-0.15, -0.1) is 0 Å². The number of benzene rings is 1. The smallest absolute Gasteiger partial charge is 0.248 e. The van der Waals surface area contributed by atoms with Gasteiger partial charge in [-0.1, -0.05) is 6.07 Å². The quantitative estimate of drug-likeness (QED) is 0.567. The maximum absolute atomic E-state index is 12.3. The molecular weight excluding hydrogens is 338 g/mol. The number of nitrogens with zero attached hydrogens (tertiary/aromatic N) is 4. The van der Waals surface area contributed by atoms with Crippen molar-refractivity contribution in [2.75, 3.05) is 5.32 Å². The molecule has 6 nitrogen and oxygen atoms in total. The molecule has 4 aromatic rings. The van der Waals surface area contributed by atoms with Crippen LogP contribution in [0.25, 0.3) is 28.0 Å². The van der Waals surface area contributed by atoms with Crippen molar-refractivity contribution in [2.45, 2.75) is 0 Å². The molecule has 0 radical (unpaired) electrons. The van der Waals surface area contributed by atoms with Crippen LogP contribution in [0, 0.1) is 0 Å². The Morgan fingerprint density at radius 1 is 1.04 bits per heavy atom. The molecule has 0 saturated carbocycles. The standard InChI is InChI=1S/C21H17N5O/c1-26-14-18(13-24-26)20-7-9-23-12-17(20)3-5-21(27)25-19-4-2-16-11-22-8-6-15(16)10-19/h2-14H,1H3,(H,25,27). The van der Waals surface area contributed by atoms with Crippen molar-refractivity contribution in [3.63, 3.8) is 0 Å². The minimum absolute atomic E-state index is 0.204. The minimum Gasteiger partial charge on any atom is -0.322 e. The SMILES string of the molecule is Cn1cc(-c2ccncc2C=CC(=O)Nc2ccc3cnccc3c2)cn1. The summed E-state index contributed by atoms with van der Waals surface area (Å²) in [4.78, 5) is 20.6. The number of carbonyl (C=O) groups excluding carboxylic acids is 1. The summed E-state index contributed by atoms with van der Waals surface area (Å²) in [6, 6.07) is 9.54. The lowest BCUT2D eigenvalue weighted by atomic mass is 10.0. The number of rotatable bonds is 4. The first-order valence-corrected chi connectivity index (χ1v) is 8.45. The van der Waals surface area contributed by atoms with Gasteiger partial charge in [-0.2, -0.15) is 5.10 Å². The molecule has 0 aliphatic rings. The third-order valence-electron chi connectivity index (χ3n) is 4.19. The molecule has 0 aliphatic carbocycles. The van der Waals surface area contributed by atoms with Gasteiger partial charge in [-0.25, -0.2) is 0 Å². The largest absolute Gasteiger partial charge is 0.322 e. The van der Waals surface area contributed by atoms with Crippen molar-refractivity contribution in [1.29, 1.82) is 0 Å². The lowest BCUT2D eigenvalue weighted by molar-refractivity contribution is -0.111. The zero-order valence-electron chi connectivity index (χ0n) is 14.7. The number of pyridine rings is 2. The lowest BCUT2D eigenvalue weighted by Crippen LogP contribution is -2.07. The van der Waals surface area contributed by atoms with Crippen LogP contribution in [0.15, 0.2) is 73.6 Å². The van der Waals surface area contributed by atoms with E-state index in [1.165, 1.54) is 6.08 Å². The molecule has 6 heteroatoms. The van der Waals surface area contributed by atoms with Crippen LogP contribution < -0.4 is 5.32 Å². The van der Waals surface area contributed by atoms with Gasteiger partial charge in [0.25, 0.3) is 0 Å². The van der Waals surface area contributed by atoms with Crippen molar-refractivity contribution >= 4 is 28.4 Å². The summed E-state index contributed by atoms with van der Waals surface area (Å²) in [5, 5.41) is 9.14. The highest BCUT2D eigenvalue weighted by molar-refractivity contribution is 6.03. The number of anilines is 1. The topological polar surface area (TPSA) is 72.7 Å². The molecule has 0 unspecified atom stereocenters. The Morgan fingerprint density at radius 3 is 2.74 bits per heavy atom. The molecule has 1 amide bonds. The summed E-state index contributed by atoms with van der Waals surface area (Å²) >= 11 is 0. The Balaban J connectivity index is 1.53. The highest BCUT2D eigenvalue weighted by Gasteiger charge is 2.06. The van der Waals surface area contributed by atoms with Crippen LogP contribution in [-0.2, 0) is 11.8 Å². The van der Waals surface area contributed by atoms with E-state index < -0.39 is 0 Å². The predicted molar refractivity (Wildman–Crippen MR) is 106 cm³/mol. The van der Waals surface area contributed by atoms with E-state index in [9.17, 15) is 4.79 Å². The van der Waals surface area contributed by atoms with Gasteiger partial charge in [-0.05, 0) is 41.3 Å². The summed E-state index contributed by atoms with van der Waals surface area (Å²) < 4.78 is 1.74. The molecule has 3 aromatic heterocycles. The average Bonchev–Trinajstić information content (AvgIpc) is 3.13. The van der Waals surface area contributed by atoms with E-state index in [1.807, 2.05) is 43.6 Å². The van der Waals surface area contributed by atoms with E-state index >= 15 is 0 Å². The van der Waals surface area contributed by atoms with Crippen LogP contribution in [0.2, 0.25) is 0 Å². The third kappa shape index (κ3) is 3.74. The van der Waals surface area contributed by atoms with Gasteiger partial charge in [0.15, 0.2) is 0 Å². The number of aryl methyl sites for hydroxylation is 1. The van der Waals surface area contributed by atoms with Gasteiger partial charge in [-0.3, -0.25) is 19.4 Å². The van der Waals surface area contributed by atoms with Crippen LogP contribution >= 0.6 is 0 Å². The molecule has 0 bridgehead atoms. The van der Waals surface area contributed by atoms with Crippen LogP contribution in [0.1, 0.15) is 5.56 Å². The van der Waals surface area contributed by atoms with Crippen molar-refractivity contribution in [1.82, 2.24) is 19.7 Å². The summed E-state index contributed by atoms with van der Waals surface area (Å²) in [5.41, 5.74) is 3.54. The number of aromatic nitrogens is 4. The van der Waals surface area contributed by atoms with E-state index in [1.54, 1.807) is 41.7 Å².